The third kappa shape index (κ3) is 5.04. The Balaban J connectivity index is 1.27. The van der Waals surface area contributed by atoms with Crippen LogP contribution in [0, 0.1) is 28.9 Å². The van der Waals surface area contributed by atoms with Crippen molar-refractivity contribution in [1.82, 2.24) is 9.80 Å². The molecule has 184 valence electrons. The average Bonchev–Trinajstić information content (AvgIpc) is 3.38. The second-order valence-electron chi connectivity index (χ2n) is 10.3. The van der Waals surface area contributed by atoms with Gasteiger partial charge in [-0.3, -0.25) is 0 Å². The highest BCUT2D eigenvalue weighted by atomic mass is 19.2. The molecule has 2 aromatic carbocycles. The number of carbonyl (C=O) groups excluding carboxylic acids is 1. The largest absolute Gasteiger partial charge is 0.322 e. The fraction of sp³-hybridized carbons (Fsp3) is 0.500. The number of fused-ring (bicyclic) bond motifs is 1. The maximum absolute atomic E-state index is 13.7. The van der Waals surface area contributed by atoms with Crippen molar-refractivity contribution in [2.75, 3.05) is 31.5 Å². The van der Waals surface area contributed by atoms with E-state index in [4.69, 9.17) is 0 Å². The molecule has 5 rings (SSSR count). The van der Waals surface area contributed by atoms with Crippen molar-refractivity contribution in [2.24, 2.45) is 5.92 Å². The van der Waals surface area contributed by atoms with E-state index in [9.17, 15) is 18.8 Å². The number of amides is 2. The third-order valence-electron chi connectivity index (χ3n) is 8.22. The summed E-state index contributed by atoms with van der Waals surface area (Å²) >= 11 is 0. The monoisotopic (exact) mass is 478 g/mol. The summed E-state index contributed by atoms with van der Waals surface area (Å²) in [7, 11) is 0. The van der Waals surface area contributed by atoms with Crippen LogP contribution in [-0.2, 0) is 5.41 Å². The van der Waals surface area contributed by atoms with E-state index >= 15 is 0 Å². The van der Waals surface area contributed by atoms with Gasteiger partial charge in [0, 0.05) is 24.3 Å². The number of hydrogen-bond acceptors (Lipinski definition) is 3. The van der Waals surface area contributed by atoms with Crippen molar-refractivity contribution in [2.45, 2.75) is 56.4 Å². The lowest BCUT2D eigenvalue weighted by atomic mass is 9.80. The third-order valence-corrected chi connectivity index (χ3v) is 8.22. The highest BCUT2D eigenvalue weighted by Gasteiger charge is 2.58. The van der Waals surface area contributed by atoms with Crippen molar-refractivity contribution >= 4 is 11.7 Å². The Kier molecular flexibility index (Phi) is 6.75. The van der Waals surface area contributed by atoms with Crippen LogP contribution in [0.5, 0.6) is 0 Å². The summed E-state index contributed by atoms with van der Waals surface area (Å²) in [6, 6.07) is 13.5. The minimum atomic E-state index is -0.969. The van der Waals surface area contributed by atoms with Gasteiger partial charge in [-0.1, -0.05) is 12.1 Å². The van der Waals surface area contributed by atoms with Crippen LogP contribution in [0.1, 0.15) is 56.1 Å². The van der Waals surface area contributed by atoms with Crippen molar-refractivity contribution in [3.05, 3.63) is 65.2 Å². The summed E-state index contributed by atoms with van der Waals surface area (Å²) in [5.74, 6) is -1.40. The SMILES string of the molecule is N#Cc1cccc([C@@]23CC[C@@H](N(CCCN4CCCC4)C(=O)Nc4ccc(F)c(F)c4)CC2C3)c1. The van der Waals surface area contributed by atoms with Gasteiger partial charge in [0.05, 0.1) is 11.6 Å². The van der Waals surface area contributed by atoms with Crippen LogP contribution < -0.4 is 5.32 Å². The number of halogens is 2. The molecule has 5 nitrogen and oxygen atoms in total. The summed E-state index contributed by atoms with van der Waals surface area (Å²) in [6.07, 6.45) is 7.25. The Morgan fingerprint density at radius 3 is 2.74 bits per heavy atom. The molecular formula is C28H32F2N4O. The van der Waals surface area contributed by atoms with Gasteiger partial charge < -0.3 is 15.1 Å². The van der Waals surface area contributed by atoms with Crippen LogP contribution in [0.15, 0.2) is 42.5 Å². The zero-order chi connectivity index (χ0) is 24.4. The van der Waals surface area contributed by atoms with E-state index in [2.05, 4.69) is 22.4 Å². The summed E-state index contributed by atoms with van der Waals surface area (Å²) < 4.78 is 27.1. The number of hydrogen-bond donors (Lipinski definition) is 1. The lowest BCUT2D eigenvalue weighted by Crippen LogP contribution is -2.46. The number of nitrogens with zero attached hydrogens (tertiary/aromatic N) is 3. The number of rotatable bonds is 7. The fourth-order valence-electron chi connectivity index (χ4n) is 6.24. The number of likely N-dealkylation sites (tertiary alicyclic amines) is 1. The molecule has 7 heteroatoms. The summed E-state index contributed by atoms with van der Waals surface area (Å²) in [6.45, 7) is 3.85. The standard InChI is InChI=1S/C28H32F2N4O/c29-25-8-7-23(17-26(25)30)32-27(35)34(14-4-13-33-11-1-2-12-33)24-9-10-28(18-22(28)16-24)21-6-3-5-20(15-21)19-31/h3,5-8,15,17,22,24H,1-2,4,9-14,16,18H2,(H,32,35)/t22?,24-,28+/m1/s1. The van der Waals surface area contributed by atoms with Gasteiger partial charge in [0.2, 0.25) is 0 Å². The second kappa shape index (κ2) is 9.94. The van der Waals surface area contributed by atoms with E-state index in [0.717, 1.165) is 63.9 Å². The first-order valence-electron chi connectivity index (χ1n) is 12.7. The van der Waals surface area contributed by atoms with E-state index in [1.165, 1.54) is 24.5 Å². The molecule has 0 spiro atoms. The fourth-order valence-corrected chi connectivity index (χ4v) is 6.24. The molecule has 1 aliphatic heterocycles. The molecule has 3 fully saturated rings. The number of urea groups is 1. The summed E-state index contributed by atoms with van der Waals surface area (Å²) in [5.41, 5.74) is 2.33. The van der Waals surface area contributed by atoms with E-state index < -0.39 is 11.6 Å². The van der Waals surface area contributed by atoms with Crippen molar-refractivity contribution in [3.8, 4) is 6.07 Å². The van der Waals surface area contributed by atoms with Crippen molar-refractivity contribution in [1.29, 1.82) is 5.26 Å². The van der Waals surface area contributed by atoms with Gasteiger partial charge in [-0.15, -0.1) is 0 Å². The predicted octanol–water partition coefficient (Wildman–Crippen LogP) is 5.67. The lowest BCUT2D eigenvalue weighted by Gasteiger charge is -2.37. The molecule has 35 heavy (non-hydrogen) atoms. The van der Waals surface area contributed by atoms with E-state index in [-0.39, 0.29) is 23.2 Å². The van der Waals surface area contributed by atoms with Crippen LogP contribution in [0.25, 0.3) is 0 Å². The normalized spacial score (nSPS) is 25.5. The molecule has 2 saturated carbocycles. The molecular weight excluding hydrogens is 446 g/mol. The maximum Gasteiger partial charge on any atom is 0.322 e. The molecule has 3 aliphatic rings. The number of nitrogens with one attached hydrogen (secondary N) is 1. The Morgan fingerprint density at radius 2 is 2.00 bits per heavy atom. The average molecular weight is 479 g/mol. The molecule has 0 radical (unpaired) electrons. The molecule has 2 aromatic rings. The van der Waals surface area contributed by atoms with Crippen LogP contribution in [0.2, 0.25) is 0 Å². The van der Waals surface area contributed by atoms with E-state index in [1.807, 2.05) is 23.1 Å². The topological polar surface area (TPSA) is 59.4 Å². The molecule has 1 heterocycles. The van der Waals surface area contributed by atoms with Crippen LogP contribution >= 0.6 is 0 Å². The zero-order valence-corrected chi connectivity index (χ0v) is 20.0. The van der Waals surface area contributed by atoms with Gasteiger partial charge in [0.25, 0.3) is 0 Å². The Morgan fingerprint density at radius 1 is 1.17 bits per heavy atom. The molecule has 3 atom stereocenters. The van der Waals surface area contributed by atoms with E-state index in [1.54, 1.807) is 0 Å². The van der Waals surface area contributed by atoms with Gasteiger partial charge in [-0.05, 0) is 106 Å². The number of nitriles is 1. The molecule has 1 N–H and O–H groups in total. The number of benzene rings is 2. The first-order chi connectivity index (χ1) is 17.0. The lowest BCUT2D eigenvalue weighted by molar-refractivity contribution is 0.156. The predicted molar refractivity (Wildman–Crippen MR) is 131 cm³/mol. The first-order valence-corrected chi connectivity index (χ1v) is 12.7. The van der Waals surface area contributed by atoms with E-state index in [0.29, 0.717) is 18.0 Å². The molecule has 2 aliphatic carbocycles. The first kappa shape index (κ1) is 23.7. The highest BCUT2D eigenvalue weighted by Crippen LogP contribution is 2.62. The minimum Gasteiger partial charge on any atom is -0.321 e. The highest BCUT2D eigenvalue weighted by molar-refractivity contribution is 5.89. The smallest absolute Gasteiger partial charge is 0.321 e. The van der Waals surface area contributed by atoms with Crippen LogP contribution in [0.3, 0.4) is 0 Å². The number of carbonyl (C=O) groups is 1. The Bertz CT molecular complexity index is 1130. The quantitative estimate of drug-likeness (QED) is 0.558. The minimum absolute atomic E-state index is 0.110. The molecule has 1 unspecified atom stereocenters. The Hall–Kier alpha value is -2.98. The van der Waals surface area contributed by atoms with Gasteiger partial charge in [-0.2, -0.15) is 5.26 Å². The molecule has 1 saturated heterocycles. The number of anilines is 1. The van der Waals surface area contributed by atoms with Gasteiger partial charge in [-0.25, -0.2) is 13.6 Å². The maximum atomic E-state index is 13.7. The van der Waals surface area contributed by atoms with Gasteiger partial charge >= 0.3 is 6.03 Å². The Labute approximate surface area is 205 Å². The van der Waals surface area contributed by atoms with Crippen LogP contribution in [0.4, 0.5) is 19.3 Å². The molecule has 0 aromatic heterocycles. The van der Waals surface area contributed by atoms with Crippen molar-refractivity contribution < 1.29 is 13.6 Å². The van der Waals surface area contributed by atoms with Gasteiger partial charge in [0.15, 0.2) is 11.6 Å². The zero-order valence-electron chi connectivity index (χ0n) is 20.0. The molecule has 2 amide bonds. The van der Waals surface area contributed by atoms with Crippen molar-refractivity contribution in [3.63, 3.8) is 0 Å². The second-order valence-corrected chi connectivity index (χ2v) is 10.3. The van der Waals surface area contributed by atoms with Gasteiger partial charge in [0.1, 0.15) is 0 Å². The summed E-state index contributed by atoms with van der Waals surface area (Å²) in [4.78, 5) is 17.7. The molecule has 0 bridgehead atoms. The summed E-state index contributed by atoms with van der Waals surface area (Å²) in [5, 5.41) is 12.1. The van der Waals surface area contributed by atoms with Crippen LogP contribution in [-0.4, -0.2) is 48.1 Å².